The second-order valence-corrected chi connectivity index (χ2v) is 7.67. The Hall–Kier alpha value is -3.40. The van der Waals surface area contributed by atoms with Gasteiger partial charge in [-0.1, -0.05) is 67.6 Å². The van der Waals surface area contributed by atoms with Gasteiger partial charge in [0.2, 0.25) is 11.8 Å². The van der Waals surface area contributed by atoms with E-state index in [0.29, 0.717) is 19.4 Å². The maximum absolute atomic E-state index is 12.9. The zero-order valence-electron chi connectivity index (χ0n) is 17.2. The molecule has 3 aromatic carbocycles. The van der Waals surface area contributed by atoms with Gasteiger partial charge in [0.1, 0.15) is 0 Å². The van der Waals surface area contributed by atoms with Crippen molar-refractivity contribution in [3.05, 3.63) is 95.6 Å². The highest BCUT2D eigenvalue weighted by Gasteiger charge is 2.25. The summed E-state index contributed by atoms with van der Waals surface area (Å²) in [7, 11) is 0. The number of benzene rings is 3. The van der Waals surface area contributed by atoms with E-state index in [9.17, 15) is 9.59 Å². The number of amides is 2. The van der Waals surface area contributed by atoms with E-state index < -0.39 is 0 Å². The Bertz CT molecular complexity index is 1030. The van der Waals surface area contributed by atoms with E-state index in [-0.39, 0.29) is 17.7 Å². The minimum absolute atomic E-state index is 0.00308. The van der Waals surface area contributed by atoms with Gasteiger partial charge in [0.05, 0.1) is 12.5 Å². The number of hydrogen-bond acceptors (Lipinski definition) is 2. The van der Waals surface area contributed by atoms with Gasteiger partial charge in [-0.15, -0.1) is 0 Å². The van der Waals surface area contributed by atoms with Crippen LogP contribution in [0.1, 0.15) is 42.4 Å². The van der Waals surface area contributed by atoms with Crippen molar-refractivity contribution in [2.75, 3.05) is 10.2 Å². The molecule has 0 aromatic heterocycles. The normalized spacial score (nSPS) is 14.2. The minimum atomic E-state index is -0.182. The number of carbonyl (C=O) groups is 2. The summed E-state index contributed by atoms with van der Waals surface area (Å²) >= 11 is 0. The van der Waals surface area contributed by atoms with Gasteiger partial charge in [-0.2, -0.15) is 0 Å². The van der Waals surface area contributed by atoms with Crippen molar-refractivity contribution in [3.8, 4) is 0 Å². The molecule has 4 nitrogen and oxygen atoms in total. The highest BCUT2D eigenvalue weighted by molar-refractivity contribution is 5.98. The van der Waals surface area contributed by atoms with Crippen LogP contribution in [0.25, 0.3) is 0 Å². The summed E-state index contributed by atoms with van der Waals surface area (Å²) in [5.41, 5.74) is 4.93. The first-order valence-electron chi connectivity index (χ1n) is 10.5. The molecule has 30 heavy (non-hydrogen) atoms. The van der Waals surface area contributed by atoms with Crippen LogP contribution in [0.3, 0.4) is 0 Å². The fourth-order valence-electron chi connectivity index (χ4n) is 4.06. The third-order valence-electron chi connectivity index (χ3n) is 5.66. The van der Waals surface area contributed by atoms with Crippen molar-refractivity contribution in [1.82, 2.24) is 0 Å². The van der Waals surface area contributed by atoms with Crippen molar-refractivity contribution in [1.29, 1.82) is 0 Å². The first kappa shape index (κ1) is 19.9. The van der Waals surface area contributed by atoms with Gasteiger partial charge in [-0.05, 0) is 47.7 Å². The lowest BCUT2D eigenvalue weighted by molar-refractivity contribution is -0.119. The van der Waals surface area contributed by atoms with Crippen molar-refractivity contribution in [2.24, 2.45) is 0 Å². The highest BCUT2D eigenvalue weighted by Crippen LogP contribution is 2.32. The molecule has 4 rings (SSSR count). The first-order valence-corrected chi connectivity index (χ1v) is 10.5. The lowest BCUT2D eigenvalue weighted by atomic mass is 9.95. The second-order valence-electron chi connectivity index (χ2n) is 7.67. The van der Waals surface area contributed by atoms with E-state index in [0.717, 1.165) is 34.5 Å². The predicted octanol–water partition coefficient (Wildman–Crippen LogP) is 5.30. The molecule has 0 saturated carbocycles. The third-order valence-corrected chi connectivity index (χ3v) is 5.66. The monoisotopic (exact) mass is 398 g/mol. The molecule has 3 aromatic rings. The molecule has 1 aliphatic heterocycles. The Morgan fingerprint density at radius 2 is 1.67 bits per heavy atom. The Morgan fingerprint density at radius 1 is 0.967 bits per heavy atom. The zero-order chi connectivity index (χ0) is 20.9. The molecule has 0 aliphatic carbocycles. The molecular weight excluding hydrogens is 372 g/mol. The molecule has 1 N–H and O–H groups in total. The van der Waals surface area contributed by atoms with E-state index in [1.807, 2.05) is 90.7 Å². The summed E-state index contributed by atoms with van der Waals surface area (Å²) < 4.78 is 0. The predicted molar refractivity (Wildman–Crippen MR) is 120 cm³/mol. The molecular formula is C26H26N2O2. The van der Waals surface area contributed by atoms with E-state index in [2.05, 4.69) is 5.32 Å². The quantitative estimate of drug-likeness (QED) is 0.613. The van der Waals surface area contributed by atoms with Crippen LogP contribution in [0.4, 0.5) is 11.4 Å². The van der Waals surface area contributed by atoms with E-state index >= 15 is 0 Å². The number of nitrogens with zero attached hydrogens (tertiary/aromatic N) is 1. The highest BCUT2D eigenvalue weighted by atomic mass is 16.2. The van der Waals surface area contributed by atoms with Crippen LogP contribution in [0.2, 0.25) is 0 Å². The molecule has 0 fully saturated rings. The SMILES string of the molecule is CCC(C(=O)Nc1ccc2c(c1)CCC(=O)N2Cc1ccccc1)c1ccccc1. The molecule has 0 spiro atoms. The summed E-state index contributed by atoms with van der Waals surface area (Å²) in [5, 5.41) is 3.07. The lowest BCUT2D eigenvalue weighted by Crippen LogP contribution is -2.34. The van der Waals surface area contributed by atoms with Crippen LogP contribution in [0.15, 0.2) is 78.9 Å². The Kier molecular flexibility index (Phi) is 5.94. The molecule has 1 heterocycles. The number of aryl methyl sites for hydroxylation is 1. The molecule has 152 valence electrons. The standard InChI is InChI=1S/C26H26N2O2/c1-2-23(20-11-7-4-8-12-20)26(30)27-22-14-15-24-21(17-22)13-16-25(29)28(24)18-19-9-5-3-6-10-19/h3-12,14-15,17,23H,2,13,16,18H2,1H3,(H,27,30). The number of anilines is 2. The topological polar surface area (TPSA) is 49.4 Å². The molecule has 1 aliphatic rings. The summed E-state index contributed by atoms with van der Waals surface area (Å²) in [6.45, 7) is 2.58. The average Bonchev–Trinajstić information content (AvgIpc) is 2.78. The first-order chi connectivity index (χ1) is 14.7. The molecule has 4 heteroatoms. The maximum atomic E-state index is 12.9. The minimum Gasteiger partial charge on any atom is -0.326 e. The molecule has 0 saturated heterocycles. The summed E-state index contributed by atoms with van der Waals surface area (Å²) in [5.74, 6) is -0.0478. The summed E-state index contributed by atoms with van der Waals surface area (Å²) in [6, 6.07) is 25.7. The molecule has 0 radical (unpaired) electrons. The van der Waals surface area contributed by atoms with Gasteiger partial charge in [0, 0.05) is 17.8 Å². The molecule has 1 atom stereocenters. The van der Waals surface area contributed by atoms with Crippen molar-refractivity contribution in [2.45, 2.75) is 38.6 Å². The third kappa shape index (κ3) is 4.28. The van der Waals surface area contributed by atoms with E-state index in [4.69, 9.17) is 0 Å². The lowest BCUT2D eigenvalue weighted by Gasteiger charge is -2.30. The number of carbonyl (C=O) groups excluding carboxylic acids is 2. The van der Waals surface area contributed by atoms with E-state index in [1.54, 1.807) is 0 Å². The average molecular weight is 399 g/mol. The zero-order valence-corrected chi connectivity index (χ0v) is 17.2. The van der Waals surface area contributed by atoms with Gasteiger partial charge in [0.25, 0.3) is 0 Å². The molecule has 0 bridgehead atoms. The van der Waals surface area contributed by atoms with Crippen molar-refractivity contribution >= 4 is 23.2 Å². The number of rotatable bonds is 6. The maximum Gasteiger partial charge on any atom is 0.231 e. The van der Waals surface area contributed by atoms with Crippen LogP contribution in [0, 0.1) is 0 Å². The van der Waals surface area contributed by atoms with Crippen molar-refractivity contribution < 1.29 is 9.59 Å². The number of fused-ring (bicyclic) bond motifs is 1. The van der Waals surface area contributed by atoms with E-state index in [1.165, 1.54) is 0 Å². The van der Waals surface area contributed by atoms with Gasteiger partial charge < -0.3 is 10.2 Å². The van der Waals surface area contributed by atoms with Crippen molar-refractivity contribution in [3.63, 3.8) is 0 Å². The van der Waals surface area contributed by atoms with Gasteiger partial charge in [0.15, 0.2) is 0 Å². The van der Waals surface area contributed by atoms with Crippen LogP contribution in [-0.2, 0) is 22.6 Å². The Labute approximate surface area is 177 Å². The van der Waals surface area contributed by atoms with Gasteiger partial charge in [-0.25, -0.2) is 0 Å². The molecule has 2 amide bonds. The van der Waals surface area contributed by atoms with Crippen LogP contribution in [-0.4, -0.2) is 11.8 Å². The largest absolute Gasteiger partial charge is 0.326 e. The fourth-order valence-corrected chi connectivity index (χ4v) is 4.06. The number of hydrogen-bond donors (Lipinski definition) is 1. The summed E-state index contributed by atoms with van der Waals surface area (Å²) in [6.07, 6.45) is 1.91. The van der Waals surface area contributed by atoms with Gasteiger partial charge in [-0.3, -0.25) is 9.59 Å². The number of nitrogens with one attached hydrogen (secondary N) is 1. The fraction of sp³-hybridized carbons (Fsp3) is 0.231. The van der Waals surface area contributed by atoms with Crippen LogP contribution in [0.5, 0.6) is 0 Å². The molecule has 1 unspecified atom stereocenters. The van der Waals surface area contributed by atoms with Crippen LogP contribution >= 0.6 is 0 Å². The summed E-state index contributed by atoms with van der Waals surface area (Å²) in [4.78, 5) is 27.3. The smallest absolute Gasteiger partial charge is 0.231 e. The second kappa shape index (κ2) is 8.95. The Balaban J connectivity index is 1.53. The Morgan fingerprint density at radius 3 is 2.37 bits per heavy atom. The van der Waals surface area contributed by atoms with Gasteiger partial charge >= 0.3 is 0 Å². The van der Waals surface area contributed by atoms with Crippen LogP contribution < -0.4 is 10.2 Å².